The van der Waals surface area contributed by atoms with Crippen molar-refractivity contribution >= 4 is 0 Å². The summed E-state index contributed by atoms with van der Waals surface area (Å²) < 4.78 is 0. The van der Waals surface area contributed by atoms with E-state index in [2.05, 4.69) is 23.0 Å². The lowest BCUT2D eigenvalue weighted by atomic mass is 9.99. The number of allylic oxidation sites excluding steroid dienone is 1. The molecule has 0 saturated carbocycles. The molecule has 0 amide bonds. The summed E-state index contributed by atoms with van der Waals surface area (Å²) >= 11 is 0. The van der Waals surface area contributed by atoms with Gasteiger partial charge in [-0.05, 0) is 18.4 Å². The van der Waals surface area contributed by atoms with Crippen LogP contribution in [-0.4, -0.2) is 6.04 Å². The van der Waals surface area contributed by atoms with Gasteiger partial charge in [-0.3, -0.25) is 0 Å². The smallest absolute Gasteiger partial charge is 0.0550 e. The zero-order valence-electron chi connectivity index (χ0n) is 5.17. The van der Waals surface area contributed by atoms with Crippen LogP contribution in [0.2, 0.25) is 0 Å². The molecule has 2 rings (SSSR count). The largest absolute Gasteiger partial charge is 0.210 e. The molecule has 0 fully saturated rings. The van der Waals surface area contributed by atoms with Gasteiger partial charge in [0.05, 0.1) is 6.04 Å². The van der Waals surface area contributed by atoms with Crippen molar-refractivity contribution in [3.63, 3.8) is 0 Å². The molecule has 0 aromatic heterocycles. The summed E-state index contributed by atoms with van der Waals surface area (Å²) in [4.78, 5) is 0. The van der Waals surface area contributed by atoms with Gasteiger partial charge in [0.25, 0.3) is 0 Å². The Hall–Kier alpha value is -0.760. The minimum atomic E-state index is 0.523. The summed E-state index contributed by atoms with van der Waals surface area (Å²) in [6, 6.07) is 0.523. The predicted octanol–water partition coefficient (Wildman–Crippen LogP) is 0.711. The zero-order valence-corrected chi connectivity index (χ0v) is 5.17. The van der Waals surface area contributed by atoms with Gasteiger partial charge in [0.15, 0.2) is 0 Å². The number of fused-ring (bicyclic) bond motifs is 1. The van der Waals surface area contributed by atoms with E-state index in [1.807, 2.05) is 6.20 Å². The van der Waals surface area contributed by atoms with E-state index in [0.717, 1.165) is 0 Å². The molecule has 0 spiro atoms. The maximum atomic E-state index is 3.96. The van der Waals surface area contributed by atoms with E-state index in [9.17, 15) is 0 Å². The maximum Gasteiger partial charge on any atom is 0.0550 e. The molecule has 1 heterocycles. The van der Waals surface area contributed by atoms with Crippen molar-refractivity contribution < 1.29 is 0 Å². The molecule has 0 saturated heterocycles. The Morgan fingerprint density at radius 3 is 3.56 bits per heavy atom. The van der Waals surface area contributed by atoms with Crippen molar-refractivity contribution in [1.82, 2.24) is 10.9 Å². The van der Waals surface area contributed by atoms with Gasteiger partial charge in [0.2, 0.25) is 0 Å². The second kappa shape index (κ2) is 1.88. The Labute approximate surface area is 54.6 Å². The quantitative estimate of drug-likeness (QED) is 0.502. The maximum absolute atomic E-state index is 3.96. The van der Waals surface area contributed by atoms with E-state index < -0.39 is 0 Å². The van der Waals surface area contributed by atoms with Gasteiger partial charge in [-0.2, -0.15) is 0 Å². The second-order valence-corrected chi connectivity index (χ2v) is 2.42. The van der Waals surface area contributed by atoms with E-state index in [-0.39, 0.29) is 0 Å². The summed E-state index contributed by atoms with van der Waals surface area (Å²) in [6.45, 7) is 0. The molecule has 1 unspecified atom stereocenters. The molecule has 47 valence electrons. The zero-order chi connectivity index (χ0) is 6.10. The first-order valence-electron chi connectivity index (χ1n) is 3.29. The highest BCUT2D eigenvalue weighted by Gasteiger charge is 2.18. The number of hydrogen-bond donors (Lipinski definition) is 1. The van der Waals surface area contributed by atoms with Gasteiger partial charge in [-0.15, -0.1) is 0 Å². The van der Waals surface area contributed by atoms with Gasteiger partial charge in [0.1, 0.15) is 0 Å². The normalized spacial score (nSPS) is 31.1. The van der Waals surface area contributed by atoms with Crippen molar-refractivity contribution in [2.24, 2.45) is 0 Å². The molecule has 2 nitrogen and oxygen atoms in total. The van der Waals surface area contributed by atoms with Crippen molar-refractivity contribution in [2.45, 2.75) is 18.9 Å². The highest BCUT2D eigenvalue weighted by molar-refractivity contribution is 5.29. The van der Waals surface area contributed by atoms with Gasteiger partial charge in [0, 0.05) is 6.20 Å². The molecular formula is C7H9N2. The topological polar surface area (TPSA) is 26.1 Å². The van der Waals surface area contributed by atoms with E-state index in [4.69, 9.17) is 0 Å². The van der Waals surface area contributed by atoms with Crippen LogP contribution in [-0.2, 0) is 0 Å². The minimum absolute atomic E-state index is 0.523. The predicted molar refractivity (Wildman–Crippen MR) is 35.5 cm³/mol. The van der Waals surface area contributed by atoms with Crippen LogP contribution in [0.15, 0.2) is 23.9 Å². The Balaban J connectivity index is 2.24. The highest BCUT2D eigenvalue weighted by Crippen LogP contribution is 2.18. The Bertz CT molecular complexity index is 170. The number of nitrogens with zero attached hydrogens (tertiary/aromatic N) is 1. The summed E-state index contributed by atoms with van der Waals surface area (Å²) in [5.74, 6) is 0. The molecule has 0 bridgehead atoms. The van der Waals surface area contributed by atoms with Crippen LogP contribution < -0.4 is 10.9 Å². The number of hydrogen-bond acceptors (Lipinski definition) is 1. The summed E-state index contributed by atoms with van der Waals surface area (Å²) in [5.41, 5.74) is 8.34. The van der Waals surface area contributed by atoms with Crippen LogP contribution in [0.5, 0.6) is 0 Å². The van der Waals surface area contributed by atoms with Gasteiger partial charge < -0.3 is 0 Å². The second-order valence-electron chi connectivity index (χ2n) is 2.42. The van der Waals surface area contributed by atoms with Gasteiger partial charge in [-0.25, -0.2) is 10.9 Å². The number of nitrogens with one attached hydrogen (secondary N) is 1. The molecular weight excluding hydrogens is 112 g/mol. The van der Waals surface area contributed by atoms with Crippen LogP contribution in [0.1, 0.15) is 12.8 Å². The van der Waals surface area contributed by atoms with Gasteiger partial charge in [-0.1, -0.05) is 12.2 Å². The van der Waals surface area contributed by atoms with E-state index in [1.165, 1.54) is 18.4 Å². The third kappa shape index (κ3) is 0.754. The standard InChI is InChI=1S/C7H9N2/c1-2-4-7-6(3-1)5-8-9-7/h1,3,5,7,9H,2,4H2. The van der Waals surface area contributed by atoms with E-state index in [1.54, 1.807) is 0 Å². The lowest BCUT2D eigenvalue weighted by Gasteiger charge is -2.13. The Morgan fingerprint density at radius 2 is 2.67 bits per heavy atom. The highest BCUT2D eigenvalue weighted by atomic mass is 15.4. The third-order valence-electron chi connectivity index (χ3n) is 1.78. The number of rotatable bonds is 0. The Kier molecular flexibility index (Phi) is 1.06. The minimum Gasteiger partial charge on any atom is -0.210 e. The lowest BCUT2D eigenvalue weighted by molar-refractivity contribution is 0.533. The fourth-order valence-electron chi connectivity index (χ4n) is 1.24. The SMILES string of the molecule is C1=CC2=C[N]NC2CC1. The van der Waals surface area contributed by atoms with Gasteiger partial charge >= 0.3 is 0 Å². The first kappa shape index (κ1) is 5.06. The first-order chi connectivity index (χ1) is 4.47. The third-order valence-corrected chi connectivity index (χ3v) is 1.78. The van der Waals surface area contributed by atoms with Crippen molar-refractivity contribution in [3.05, 3.63) is 23.9 Å². The van der Waals surface area contributed by atoms with Crippen molar-refractivity contribution in [1.29, 1.82) is 0 Å². The molecule has 0 aromatic carbocycles. The van der Waals surface area contributed by atoms with E-state index >= 15 is 0 Å². The van der Waals surface area contributed by atoms with E-state index in [0.29, 0.717) is 6.04 Å². The average Bonchev–Trinajstić information content (AvgIpc) is 2.33. The monoisotopic (exact) mass is 121 g/mol. The van der Waals surface area contributed by atoms with Crippen molar-refractivity contribution in [2.75, 3.05) is 0 Å². The molecule has 1 aliphatic heterocycles. The van der Waals surface area contributed by atoms with Crippen LogP contribution >= 0.6 is 0 Å². The molecule has 2 aliphatic rings. The average molecular weight is 121 g/mol. The molecule has 1 N–H and O–H groups in total. The first-order valence-corrected chi connectivity index (χ1v) is 3.29. The van der Waals surface area contributed by atoms with Crippen LogP contribution in [0.3, 0.4) is 0 Å². The Morgan fingerprint density at radius 1 is 1.67 bits per heavy atom. The van der Waals surface area contributed by atoms with Crippen LogP contribution in [0.25, 0.3) is 0 Å². The lowest BCUT2D eigenvalue weighted by Crippen LogP contribution is -2.28. The molecule has 0 aromatic rings. The van der Waals surface area contributed by atoms with Crippen LogP contribution in [0, 0.1) is 0 Å². The van der Waals surface area contributed by atoms with Crippen LogP contribution in [0.4, 0.5) is 0 Å². The fourth-order valence-corrected chi connectivity index (χ4v) is 1.24. The molecule has 2 heteroatoms. The molecule has 1 aliphatic carbocycles. The van der Waals surface area contributed by atoms with Crippen molar-refractivity contribution in [3.8, 4) is 0 Å². The summed E-state index contributed by atoms with van der Waals surface area (Å²) in [6.07, 6.45) is 8.64. The molecule has 9 heavy (non-hydrogen) atoms. The fraction of sp³-hybridized carbons (Fsp3) is 0.429. The molecule has 1 atom stereocenters. The summed E-state index contributed by atoms with van der Waals surface area (Å²) in [5, 5.41) is 0. The summed E-state index contributed by atoms with van der Waals surface area (Å²) in [7, 11) is 0. The molecule has 1 radical (unpaired) electrons.